The maximum Gasteiger partial charge on any atom is 0.0951 e. The third-order valence-electron chi connectivity index (χ3n) is 3.30. The SMILES string of the molecule is NCCc1cn(C2CCCCCC2)cn1. The first kappa shape index (κ1) is 10.7. The van der Waals surface area contributed by atoms with Gasteiger partial charge in [-0.1, -0.05) is 25.7 Å². The molecule has 3 nitrogen and oxygen atoms in total. The summed E-state index contributed by atoms with van der Waals surface area (Å²) in [4.78, 5) is 4.39. The Morgan fingerprint density at radius 3 is 2.67 bits per heavy atom. The lowest BCUT2D eigenvalue weighted by Gasteiger charge is -2.15. The molecule has 2 rings (SSSR count). The quantitative estimate of drug-likeness (QED) is 0.773. The predicted molar refractivity (Wildman–Crippen MR) is 61.7 cm³/mol. The maximum absolute atomic E-state index is 5.52. The van der Waals surface area contributed by atoms with Crippen LogP contribution in [0.2, 0.25) is 0 Å². The molecule has 0 saturated heterocycles. The predicted octanol–water partition coefficient (Wildman–Crippen LogP) is 2.28. The molecule has 84 valence electrons. The zero-order valence-corrected chi connectivity index (χ0v) is 9.36. The fourth-order valence-electron chi connectivity index (χ4n) is 2.41. The summed E-state index contributed by atoms with van der Waals surface area (Å²) in [5.74, 6) is 0. The van der Waals surface area contributed by atoms with E-state index in [-0.39, 0.29) is 0 Å². The van der Waals surface area contributed by atoms with E-state index < -0.39 is 0 Å². The van der Waals surface area contributed by atoms with Crippen LogP contribution in [0.1, 0.15) is 50.3 Å². The zero-order valence-electron chi connectivity index (χ0n) is 9.36. The van der Waals surface area contributed by atoms with Crippen LogP contribution in [0.3, 0.4) is 0 Å². The Morgan fingerprint density at radius 2 is 2.00 bits per heavy atom. The molecule has 0 aromatic carbocycles. The Bertz CT molecular complexity index is 285. The van der Waals surface area contributed by atoms with Crippen molar-refractivity contribution in [1.29, 1.82) is 0 Å². The molecule has 1 aliphatic carbocycles. The third kappa shape index (κ3) is 2.81. The van der Waals surface area contributed by atoms with Gasteiger partial charge in [0.15, 0.2) is 0 Å². The lowest BCUT2D eigenvalue weighted by molar-refractivity contribution is 0.443. The molecule has 3 heteroatoms. The van der Waals surface area contributed by atoms with E-state index in [0.717, 1.165) is 12.1 Å². The number of aromatic nitrogens is 2. The minimum Gasteiger partial charge on any atom is -0.334 e. The summed E-state index contributed by atoms with van der Waals surface area (Å²) in [6.45, 7) is 0.696. The molecule has 0 atom stereocenters. The first-order valence-electron chi connectivity index (χ1n) is 6.12. The van der Waals surface area contributed by atoms with E-state index >= 15 is 0 Å². The Kier molecular flexibility index (Phi) is 3.78. The highest BCUT2D eigenvalue weighted by atomic mass is 15.1. The van der Waals surface area contributed by atoms with Crippen molar-refractivity contribution in [3.63, 3.8) is 0 Å². The van der Waals surface area contributed by atoms with Crippen molar-refractivity contribution >= 4 is 0 Å². The maximum atomic E-state index is 5.52. The molecule has 1 saturated carbocycles. The van der Waals surface area contributed by atoms with Crippen LogP contribution in [0.15, 0.2) is 12.5 Å². The van der Waals surface area contributed by atoms with Gasteiger partial charge in [0.1, 0.15) is 0 Å². The van der Waals surface area contributed by atoms with Gasteiger partial charge in [-0.2, -0.15) is 0 Å². The average Bonchev–Trinajstić information content (AvgIpc) is 2.53. The summed E-state index contributed by atoms with van der Waals surface area (Å²) in [7, 11) is 0. The molecule has 0 bridgehead atoms. The molecule has 2 N–H and O–H groups in total. The highest BCUT2D eigenvalue weighted by molar-refractivity contribution is 4.98. The normalized spacial score (nSPS) is 19.0. The van der Waals surface area contributed by atoms with Gasteiger partial charge < -0.3 is 10.3 Å². The van der Waals surface area contributed by atoms with Crippen LogP contribution in [0, 0.1) is 0 Å². The topological polar surface area (TPSA) is 43.8 Å². The van der Waals surface area contributed by atoms with E-state index in [0.29, 0.717) is 12.6 Å². The van der Waals surface area contributed by atoms with Gasteiger partial charge in [0, 0.05) is 18.7 Å². The van der Waals surface area contributed by atoms with E-state index in [1.807, 2.05) is 6.33 Å². The minimum absolute atomic E-state index is 0.687. The van der Waals surface area contributed by atoms with Gasteiger partial charge in [-0.3, -0.25) is 0 Å². The van der Waals surface area contributed by atoms with Crippen LogP contribution < -0.4 is 5.73 Å². The van der Waals surface area contributed by atoms with E-state index in [4.69, 9.17) is 5.73 Å². The molecule has 0 unspecified atom stereocenters. The summed E-state index contributed by atoms with van der Waals surface area (Å²) < 4.78 is 2.30. The van der Waals surface area contributed by atoms with E-state index in [2.05, 4.69) is 15.7 Å². The number of imidazole rings is 1. The second kappa shape index (κ2) is 5.31. The van der Waals surface area contributed by atoms with Crippen LogP contribution in [-0.4, -0.2) is 16.1 Å². The molecule has 1 fully saturated rings. The standard InChI is InChI=1S/C12H21N3/c13-8-7-11-9-15(10-14-11)12-5-3-1-2-4-6-12/h9-10,12H,1-8,13H2. The summed E-state index contributed by atoms with van der Waals surface area (Å²) in [5, 5.41) is 0. The second-order valence-corrected chi connectivity index (χ2v) is 4.50. The Balaban J connectivity index is 2.00. The third-order valence-corrected chi connectivity index (χ3v) is 3.30. The van der Waals surface area contributed by atoms with Crippen LogP contribution >= 0.6 is 0 Å². The first-order chi connectivity index (χ1) is 7.40. The van der Waals surface area contributed by atoms with Crippen molar-refractivity contribution < 1.29 is 0 Å². The van der Waals surface area contributed by atoms with Gasteiger partial charge >= 0.3 is 0 Å². The van der Waals surface area contributed by atoms with E-state index in [9.17, 15) is 0 Å². The first-order valence-corrected chi connectivity index (χ1v) is 6.12. The number of hydrogen-bond donors (Lipinski definition) is 1. The minimum atomic E-state index is 0.687. The second-order valence-electron chi connectivity index (χ2n) is 4.50. The van der Waals surface area contributed by atoms with Gasteiger partial charge in [-0.15, -0.1) is 0 Å². The summed E-state index contributed by atoms with van der Waals surface area (Å²) in [6.07, 6.45) is 13.3. The smallest absolute Gasteiger partial charge is 0.0951 e. The van der Waals surface area contributed by atoms with Crippen LogP contribution in [-0.2, 0) is 6.42 Å². The van der Waals surface area contributed by atoms with Gasteiger partial charge in [-0.25, -0.2) is 4.98 Å². The van der Waals surface area contributed by atoms with Gasteiger partial charge in [0.25, 0.3) is 0 Å². The largest absolute Gasteiger partial charge is 0.334 e. The van der Waals surface area contributed by atoms with Gasteiger partial charge in [0.05, 0.1) is 12.0 Å². The van der Waals surface area contributed by atoms with Gasteiger partial charge in [0.2, 0.25) is 0 Å². The molecule has 1 aromatic heterocycles. The molecule has 15 heavy (non-hydrogen) atoms. The number of hydrogen-bond acceptors (Lipinski definition) is 2. The monoisotopic (exact) mass is 207 g/mol. The highest BCUT2D eigenvalue weighted by Crippen LogP contribution is 2.26. The Labute approximate surface area is 91.7 Å². The average molecular weight is 207 g/mol. The molecule has 1 heterocycles. The molecule has 0 spiro atoms. The number of nitrogens with two attached hydrogens (primary N) is 1. The zero-order chi connectivity index (χ0) is 10.5. The van der Waals surface area contributed by atoms with Crippen LogP contribution in [0.4, 0.5) is 0 Å². The Morgan fingerprint density at radius 1 is 1.27 bits per heavy atom. The van der Waals surface area contributed by atoms with Crippen molar-refractivity contribution in [2.24, 2.45) is 5.73 Å². The van der Waals surface area contributed by atoms with Crippen LogP contribution in [0.5, 0.6) is 0 Å². The summed E-state index contributed by atoms with van der Waals surface area (Å²) >= 11 is 0. The fourth-order valence-corrected chi connectivity index (χ4v) is 2.41. The molecule has 1 aromatic rings. The van der Waals surface area contributed by atoms with E-state index in [1.165, 1.54) is 38.5 Å². The van der Waals surface area contributed by atoms with Gasteiger partial charge in [-0.05, 0) is 19.4 Å². The number of nitrogens with zero attached hydrogens (tertiary/aromatic N) is 2. The molecular weight excluding hydrogens is 186 g/mol. The van der Waals surface area contributed by atoms with E-state index in [1.54, 1.807) is 0 Å². The van der Waals surface area contributed by atoms with Crippen molar-refractivity contribution in [1.82, 2.24) is 9.55 Å². The highest BCUT2D eigenvalue weighted by Gasteiger charge is 2.13. The molecule has 0 radical (unpaired) electrons. The molecule has 1 aliphatic rings. The van der Waals surface area contributed by atoms with Crippen molar-refractivity contribution in [2.75, 3.05) is 6.54 Å². The molecular formula is C12H21N3. The lowest BCUT2D eigenvalue weighted by Crippen LogP contribution is -2.06. The van der Waals surface area contributed by atoms with Crippen LogP contribution in [0.25, 0.3) is 0 Å². The molecule has 0 amide bonds. The summed E-state index contributed by atoms with van der Waals surface area (Å²) in [6, 6.07) is 0.687. The fraction of sp³-hybridized carbons (Fsp3) is 0.750. The number of rotatable bonds is 3. The molecule has 0 aliphatic heterocycles. The van der Waals surface area contributed by atoms with Crippen molar-refractivity contribution in [3.05, 3.63) is 18.2 Å². The van der Waals surface area contributed by atoms with Crippen molar-refractivity contribution in [2.45, 2.75) is 51.0 Å². The summed E-state index contributed by atoms with van der Waals surface area (Å²) in [5.41, 5.74) is 6.66. The Hall–Kier alpha value is -0.830. The lowest BCUT2D eigenvalue weighted by atomic mass is 10.1. The van der Waals surface area contributed by atoms with Crippen molar-refractivity contribution in [3.8, 4) is 0 Å².